The number of hydrogen-bond donors (Lipinski definition) is 0. The molecule has 0 aliphatic carbocycles. The number of amides is 2. The van der Waals surface area contributed by atoms with Crippen molar-refractivity contribution in [3.8, 4) is 0 Å². The largest absolute Gasteiger partial charge is 0.379 e. The molecule has 3 aliphatic rings. The zero-order valence-corrected chi connectivity index (χ0v) is 14.1. The number of alkyl halides is 2. The van der Waals surface area contributed by atoms with E-state index in [1.54, 1.807) is 4.90 Å². The van der Waals surface area contributed by atoms with Crippen LogP contribution in [0.3, 0.4) is 0 Å². The van der Waals surface area contributed by atoms with Crippen LogP contribution >= 0.6 is 0 Å². The van der Waals surface area contributed by atoms with Crippen molar-refractivity contribution in [3.63, 3.8) is 0 Å². The van der Waals surface area contributed by atoms with Crippen LogP contribution in [0.5, 0.6) is 0 Å². The van der Waals surface area contributed by atoms with E-state index in [9.17, 15) is 18.4 Å². The van der Waals surface area contributed by atoms with Gasteiger partial charge in [0.05, 0.1) is 31.7 Å². The second-order valence-corrected chi connectivity index (χ2v) is 7.09. The van der Waals surface area contributed by atoms with Gasteiger partial charge in [0.1, 0.15) is 0 Å². The molecule has 0 aromatic rings. The topological polar surface area (TPSA) is 53.1 Å². The van der Waals surface area contributed by atoms with Gasteiger partial charge in [-0.3, -0.25) is 14.5 Å². The van der Waals surface area contributed by atoms with Crippen LogP contribution < -0.4 is 0 Å². The third-order valence-electron chi connectivity index (χ3n) is 5.31. The second-order valence-electron chi connectivity index (χ2n) is 7.09. The Bertz CT molecular complexity index is 511. The molecule has 6 nitrogen and oxygen atoms in total. The Balaban J connectivity index is 1.71. The molecular formula is C16H25F2N3O3. The molecule has 3 heterocycles. The first-order valence-corrected chi connectivity index (χ1v) is 8.60. The summed E-state index contributed by atoms with van der Waals surface area (Å²) in [7, 11) is 0. The number of piperidine rings is 1. The molecule has 2 amide bonds. The maximum absolute atomic E-state index is 14.3. The Kier molecular flexibility index (Phi) is 4.79. The van der Waals surface area contributed by atoms with E-state index in [0.29, 0.717) is 45.8 Å². The Labute approximate surface area is 140 Å². The van der Waals surface area contributed by atoms with Crippen LogP contribution in [-0.2, 0) is 14.3 Å². The van der Waals surface area contributed by atoms with Crippen LogP contribution in [0.4, 0.5) is 8.78 Å². The van der Waals surface area contributed by atoms with E-state index >= 15 is 0 Å². The highest BCUT2D eigenvalue weighted by Crippen LogP contribution is 2.45. The summed E-state index contributed by atoms with van der Waals surface area (Å²) in [5, 5.41) is 0. The summed E-state index contributed by atoms with van der Waals surface area (Å²) >= 11 is 0. The van der Waals surface area contributed by atoms with Gasteiger partial charge in [-0.05, 0) is 13.3 Å². The number of carbonyl (C=O) groups excluding carboxylic acids is 2. The molecule has 0 N–H and O–H groups in total. The van der Waals surface area contributed by atoms with Gasteiger partial charge in [-0.15, -0.1) is 0 Å². The van der Waals surface area contributed by atoms with Gasteiger partial charge in [0.15, 0.2) is 0 Å². The number of halogens is 2. The average molecular weight is 345 g/mol. The minimum atomic E-state index is -3.02. The van der Waals surface area contributed by atoms with Crippen molar-refractivity contribution in [1.29, 1.82) is 0 Å². The lowest BCUT2D eigenvalue weighted by Gasteiger charge is -2.43. The van der Waals surface area contributed by atoms with Gasteiger partial charge < -0.3 is 14.5 Å². The molecule has 0 bridgehead atoms. The molecule has 0 saturated carbocycles. The first-order valence-electron chi connectivity index (χ1n) is 8.60. The van der Waals surface area contributed by atoms with Crippen molar-refractivity contribution in [2.75, 3.05) is 59.0 Å². The fourth-order valence-electron chi connectivity index (χ4n) is 4.04. The lowest BCUT2D eigenvalue weighted by molar-refractivity contribution is -0.164. The van der Waals surface area contributed by atoms with Crippen LogP contribution in [0.1, 0.15) is 19.8 Å². The van der Waals surface area contributed by atoms with E-state index in [4.69, 9.17) is 4.74 Å². The lowest BCUT2D eigenvalue weighted by atomic mass is 9.77. The van der Waals surface area contributed by atoms with Crippen LogP contribution in [0.15, 0.2) is 0 Å². The third kappa shape index (κ3) is 3.39. The average Bonchev–Trinajstić information content (AvgIpc) is 2.82. The van der Waals surface area contributed by atoms with E-state index in [0.717, 1.165) is 0 Å². The Hall–Kier alpha value is -1.28. The number of morpholine rings is 1. The summed E-state index contributed by atoms with van der Waals surface area (Å²) < 4.78 is 33.8. The van der Waals surface area contributed by atoms with Gasteiger partial charge in [-0.1, -0.05) is 0 Å². The molecule has 3 saturated heterocycles. The van der Waals surface area contributed by atoms with Gasteiger partial charge in [0.2, 0.25) is 11.8 Å². The van der Waals surface area contributed by atoms with Gasteiger partial charge in [0, 0.05) is 39.1 Å². The summed E-state index contributed by atoms with van der Waals surface area (Å²) in [6.07, 6.45) is -0.0483. The molecule has 8 heteroatoms. The molecule has 1 atom stereocenters. The van der Waals surface area contributed by atoms with E-state index in [2.05, 4.69) is 0 Å². The highest BCUT2D eigenvalue weighted by molar-refractivity contribution is 5.87. The predicted molar refractivity (Wildman–Crippen MR) is 82.7 cm³/mol. The molecule has 1 spiro atoms. The Morgan fingerprint density at radius 3 is 2.54 bits per heavy atom. The summed E-state index contributed by atoms with van der Waals surface area (Å²) in [6.45, 7) is 4.87. The van der Waals surface area contributed by atoms with E-state index < -0.39 is 24.3 Å². The maximum Gasteiger partial charge on any atom is 0.266 e. The van der Waals surface area contributed by atoms with Crippen molar-refractivity contribution in [1.82, 2.24) is 14.7 Å². The third-order valence-corrected chi connectivity index (χ3v) is 5.31. The molecule has 136 valence electrons. The van der Waals surface area contributed by atoms with Gasteiger partial charge in [-0.25, -0.2) is 8.78 Å². The number of rotatable bonds is 3. The number of likely N-dealkylation sites (tertiary alicyclic amines) is 2. The molecule has 24 heavy (non-hydrogen) atoms. The van der Waals surface area contributed by atoms with Crippen LogP contribution in [-0.4, -0.2) is 91.5 Å². The normalized spacial score (nSPS) is 31.0. The van der Waals surface area contributed by atoms with Crippen molar-refractivity contribution < 1.29 is 23.1 Å². The zero-order chi connectivity index (χ0) is 17.4. The standard InChI is InChI=1S/C16H25F2N3O3/c1-2-20-4-3-15(14(20)23)10-16(17,18)12-21(11-15)13(22)9-19-5-7-24-8-6-19/h2-12H2,1H3/t15-/m0/s1. The minimum Gasteiger partial charge on any atom is -0.379 e. The fourth-order valence-corrected chi connectivity index (χ4v) is 4.04. The van der Waals surface area contributed by atoms with E-state index in [1.165, 1.54) is 4.90 Å². The molecule has 0 radical (unpaired) electrons. The van der Waals surface area contributed by atoms with E-state index in [1.807, 2.05) is 11.8 Å². The van der Waals surface area contributed by atoms with Crippen molar-refractivity contribution >= 4 is 11.8 Å². The highest BCUT2D eigenvalue weighted by atomic mass is 19.3. The van der Waals surface area contributed by atoms with Gasteiger partial charge >= 0.3 is 0 Å². The molecule has 0 aromatic carbocycles. The lowest BCUT2D eigenvalue weighted by Crippen LogP contribution is -2.58. The quantitative estimate of drug-likeness (QED) is 0.744. The minimum absolute atomic E-state index is 0.112. The van der Waals surface area contributed by atoms with Crippen LogP contribution in [0.2, 0.25) is 0 Å². The molecule has 0 aromatic heterocycles. The molecule has 3 rings (SSSR count). The molecule has 3 fully saturated rings. The van der Waals surface area contributed by atoms with Crippen molar-refractivity contribution in [3.05, 3.63) is 0 Å². The van der Waals surface area contributed by atoms with Crippen LogP contribution in [0.25, 0.3) is 0 Å². The van der Waals surface area contributed by atoms with Crippen LogP contribution in [0, 0.1) is 5.41 Å². The number of nitrogens with zero attached hydrogens (tertiary/aromatic N) is 3. The number of hydrogen-bond acceptors (Lipinski definition) is 4. The predicted octanol–water partition coefficient (Wildman–Crippen LogP) is 0.425. The first-order chi connectivity index (χ1) is 11.4. The zero-order valence-electron chi connectivity index (χ0n) is 14.1. The fraction of sp³-hybridized carbons (Fsp3) is 0.875. The number of ether oxygens (including phenoxy) is 1. The second kappa shape index (κ2) is 6.55. The Morgan fingerprint density at radius 1 is 1.21 bits per heavy atom. The summed E-state index contributed by atoms with van der Waals surface area (Å²) in [5.74, 6) is -3.56. The summed E-state index contributed by atoms with van der Waals surface area (Å²) in [4.78, 5) is 29.9. The maximum atomic E-state index is 14.3. The first kappa shape index (κ1) is 17.5. The highest BCUT2D eigenvalue weighted by Gasteiger charge is 2.57. The SMILES string of the molecule is CCN1CC[C@]2(CN(C(=O)CN3CCOCC3)CC(F)(F)C2)C1=O. The molecule has 3 aliphatic heterocycles. The van der Waals surface area contributed by atoms with Crippen molar-refractivity contribution in [2.24, 2.45) is 5.41 Å². The van der Waals surface area contributed by atoms with Crippen molar-refractivity contribution in [2.45, 2.75) is 25.7 Å². The smallest absolute Gasteiger partial charge is 0.266 e. The van der Waals surface area contributed by atoms with E-state index in [-0.39, 0.29) is 24.9 Å². The van der Waals surface area contributed by atoms with Gasteiger partial charge in [-0.2, -0.15) is 0 Å². The monoisotopic (exact) mass is 345 g/mol. The summed E-state index contributed by atoms with van der Waals surface area (Å²) in [5.41, 5.74) is -1.11. The molecular weight excluding hydrogens is 320 g/mol. The molecule has 0 unspecified atom stereocenters. The Morgan fingerprint density at radius 2 is 1.92 bits per heavy atom. The summed E-state index contributed by atoms with van der Waals surface area (Å²) in [6, 6.07) is 0. The number of carbonyl (C=O) groups is 2. The van der Waals surface area contributed by atoms with Gasteiger partial charge in [0.25, 0.3) is 5.92 Å².